The number of nitrogens with one attached hydrogen (secondary N) is 1. The van der Waals surface area contributed by atoms with Gasteiger partial charge in [0.15, 0.2) is 0 Å². The highest BCUT2D eigenvalue weighted by Crippen LogP contribution is 2.36. The first-order chi connectivity index (χ1) is 10.0. The van der Waals surface area contributed by atoms with E-state index in [-0.39, 0.29) is 17.6 Å². The van der Waals surface area contributed by atoms with Gasteiger partial charge in [-0.3, -0.25) is 0 Å². The van der Waals surface area contributed by atoms with E-state index in [1.165, 1.54) is 12.1 Å². The van der Waals surface area contributed by atoms with Gasteiger partial charge in [-0.2, -0.15) is 4.31 Å². The first-order valence-electron chi connectivity index (χ1n) is 7.46. The minimum atomic E-state index is -3.35. The molecule has 0 radical (unpaired) electrons. The summed E-state index contributed by atoms with van der Waals surface area (Å²) in [6, 6.07) is 5.81. The second-order valence-electron chi connectivity index (χ2n) is 6.01. The maximum absolute atomic E-state index is 12.9. The molecule has 2 aliphatic rings. The highest BCUT2D eigenvalue weighted by Gasteiger charge is 2.47. The van der Waals surface area contributed by atoms with E-state index in [1.807, 2.05) is 6.92 Å². The van der Waals surface area contributed by atoms with Crippen molar-refractivity contribution in [2.24, 2.45) is 11.8 Å². The predicted octanol–water partition coefficient (Wildman–Crippen LogP) is 1.59. The molecule has 1 N–H and O–H groups in total. The van der Waals surface area contributed by atoms with Gasteiger partial charge < -0.3 is 5.32 Å². The van der Waals surface area contributed by atoms with Crippen molar-refractivity contribution in [3.8, 4) is 0 Å². The van der Waals surface area contributed by atoms with E-state index in [0.717, 1.165) is 19.5 Å². The largest absolute Gasteiger partial charge is 0.316 e. The van der Waals surface area contributed by atoms with E-state index in [0.29, 0.717) is 23.9 Å². The summed E-state index contributed by atoms with van der Waals surface area (Å²) in [5, 5.41) is 3.35. The smallest absolute Gasteiger partial charge is 0.218 e. The van der Waals surface area contributed by atoms with E-state index in [1.54, 1.807) is 16.4 Å². The van der Waals surface area contributed by atoms with Crippen LogP contribution in [0.25, 0.3) is 0 Å². The van der Waals surface area contributed by atoms with Crippen LogP contribution in [0.15, 0.2) is 24.3 Å². The lowest BCUT2D eigenvalue weighted by molar-refractivity contribution is 0.328. The van der Waals surface area contributed by atoms with Crippen LogP contribution in [0.1, 0.15) is 18.9 Å². The molecule has 0 bridgehead atoms. The van der Waals surface area contributed by atoms with Gasteiger partial charge in [0.1, 0.15) is 5.82 Å². The van der Waals surface area contributed by atoms with E-state index in [4.69, 9.17) is 0 Å². The number of halogens is 1. The Morgan fingerprint density at radius 2 is 2.00 bits per heavy atom. The van der Waals surface area contributed by atoms with E-state index >= 15 is 0 Å². The summed E-state index contributed by atoms with van der Waals surface area (Å²) < 4.78 is 40.0. The Labute approximate surface area is 125 Å². The van der Waals surface area contributed by atoms with Crippen LogP contribution in [-0.2, 0) is 15.8 Å². The Bertz CT molecular complexity index is 603. The fourth-order valence-corrected chi connectivity index (χ4v) is 5.60. The second-order valence-corrected chi connectivity index (χ2v) is 7.93. The molecule has 1 aromatic rings. The van der Waals surface area contributed by atoms with Crippen molar-refractivity contribution in [2.75, 3.05) is 19.6 Å². The highest BCUT2D eigenvalue weighted by molar-refractivity contribution is 7.88. The topological polar surface area (TPSA) is 49.4 Å². The van der Waals surface area contributed by atoms with Crippen LogP contribution in [0.3, 0.4) is 0 Å². The summed E-state index contributed by atoms with van der Waals surface area (Å²) in [6.45, 7) is 4.47. The van der Waals surface area contributed by atoms with E-state index in [9.17, 15) is 12.8 Å². The van der Waals surface area contributed by atoms with Gasteiger partial charge >= 0.3 is 0 Å². The zero-order valence-electron chi connectivity index (χ0n) is 12.1. The van der Waals surface area contributed by atoms with E-state index < -0.39 is 10.0 Å². The Morgan fingerprint density at radius 1 is 1.29 bits per heavy atom. The first-order valence-corrected chi connectivity index (χ1v) is 9.07. The van der Waals surface area contributed by atoms with Crippen molar-refractivity contribution >= 4 is 10.0 Å². The Kier molecular flexibility index (Phi) is 4.03. The third-order valence-electron chi connectivity index (χ3n) is 4.71. The number of nitrogens with zero attached hydrogens (tertiary/aromatic N) is 1. The van der Waals surface area contributed by atoms with Crippen LogP contribution >= 0.6 is 0 Å². The number of fused-ring (bicyclic) bond motifs is 1. The van der Waals surface area contributed by atoms with Gasteiger partial charge in [0, 0.05) is 12.6 Å². The second kappa shape index (κ2) is 5.66. The van der Waals surface area contributed by atoms with Crippen molar-refractivity contribution in [3.05, 3.63) is 35.6 Å². The molecule has 2 saturated heterocycles. The number of sulfonamides is 1. The van der Waals surface area contributed by atoms with Gasteiger partial charge in [-0.25, -0.2) is 12.8 Å². The Morgan fingerprint density at radius 3 is 2.67 bits per heavy atom. The molecule has 1 aromatic carbocycles. The SMILES string of the molecule is CCC1C2CNCC2CN1S(=O)(=O)Cc1ccc(F)cc1. The van der Waals surface area contributed by atoms with Gasteiger partial charge in [0.25, 0.3) is 0 Å². The van der Waals surface area contributed by atoms with Crippen molar-refractivity contribution in [3.63, 3.8) is 0 Å². The molecule has 3 atom stereocenters. The maximum atomic E-state index is 12.9. The number of benzene rings is 1. The van der Waals surface area contributed by atoms with Crippen LogP contribution in [-0.4, -0.2) is 38.4 Å². The summed E-state index contributed by atoms with van der Waals surface area (Å²) >= 11 is 0. The lowest BCUT2D eigenvalue weighted by Crippen LogP contribution is -2.40. The van der Waals surface area contributed by atoms with Crippen molar-refractivity contribution in [1.82, 2.24) is 9.62 Å². The molecule has 6 heteroatoms. The predicted molar refractivity (Wildman–Crippen MR) is 79.7 cm³/mol. The fourth-order valence-electron chi connectivity index (χ4n) is 3.68. The van der Waals surface area contributed by atoms with Gasteiger partial charge in [0.05, 0.1) is 5.75 Å². The molecule has 2 fully saturated rings. The molecule has 4 nitrogen and oxygen atoms in total. The maximum Gasteiger partial charge on any atom is 0.218 e. The van der Waals surface area contributed by atoms with Gasteiger partial charge in [-0.05, 0) is 49.0 Å². The highest BCUT2D eigenvalue weighted by atomic mass is 32.2. The number of hydrogen-bond donors (Lipinski definition) is 1. The summed E-state index contributed by atoms with van der Waals surface area (Å²) in [5.41, 5.74) is 0.640. The molecule has 3 rings (SSSR count). The molecule has 3 unspecified atom stereocenters. The van der Waals surface area contributed by atoms with Crippen LogP contribution in [0, 0.1) is 17.7 Å². The summed E-state index contributed by atoms with van der Waals surface area (Å²) in [4.78, 5) is 0. The fraction of sp³-hybridized carbons (Fsp3) is 0.600. The Hall–Kier alpha value is -0.980. The zero-order valence-corrected chi connectivity index (χ0v) is 12.9. The number of rotatable bonds is 4. The molecule has 0 aliphatic carbocycles. The molecular weight excluding hydrogens is 291 g/mol. The monoisotopic (exact) mass is 312 g/mol. The normalized spacial score (nSPS) is 29.7. The van der Waals surface area contributed by atoms with Crippen molar-refractivity contribution in [1.29, 1.82) is 0 Å². The van der Waals surface area contributed by atoms with E-state index in [2.05, 4.69) is 5.32 Å². The van der Waals surface area contributed by atoms with Crippen molar-refractivity contribution in [2.45, 2.75) is 25.1 Å². The average Bonchev–Trinajstić information content (AvgIpc) is 3.01. The third-order valence-corrected chi connectivity index (χ3v) is 6.54. The van der Waals surface area contributed by atoms with Gasteiger partial charge in [0.2, 0.25) is 10.0 Å². The van der Waals surface area contributed by atoms with Crippen LogP contribution in [0.5, 0.6) is 0 Å². The zero-order chi connectivity index (χ0) is 15.0. The van der Waals surface area contributed by atoms with Crippen molar-refractivity contribution < 1.29 is 12.8 Å². The minimum Gasteiger partial charge on any atom is -0.316 e. The lowest BCUT2D eigenvalue weighted by Gasteiger charge is -2.26. The minimum absolute atomic E-state index is 0.0450. The van der Waals surface area contributed by atoms with Crippen LogP contribution in [0.4, 0.5) is 4.39 Å². The molecule has 116 valence electrons. The molecule has 0 spiro atoms. The molecule has 0 saturated carbocycles. The van der Waals surface area contributed by atoms with Crippen LogP contribution < -0.4 is 5.32 Å². The van der Waals surface area contributed by atoms with Gasteiger partial charge in [-0.15, -0.1) is 0 Å². The molecule has 0 aromatic heterocycles. The molecule has 2 heterocycles. The summed E-state index contributed by atoms with van der Waals surface area (Å²) in [6.07, 6.45) is 0.839. The summed E-state index contributed by atoms with van der Waals surface area (Å²) in [7, 11) is -3.35. The quantitative estimate of drug-likeness (QED) is 0.918. The average molecular weight is 312 g/mol. The molecule has 21 heavy (non-hydrogen) atoms. The molecule has 2 aliphatic heterocycles. The van der Waals surface area contributed by atoms with Crippen LogP contribution in [0.2, 0.25) is 0 Å². The number of hydrogen-bond acceptors (Lipinski definition) is 3. The standard InChI is InChI=1S/C15H21FN2O2S/c1-2-15-14-8-17-7-12(14)9-18(15)21(19,20)10-11-3-5-13(16)6-4-11/h3-6,12,14-15,17H,2,7-10H2,1H3. The molecular formula is C15H21FN2O2S. The lowest BCUT2D eigenvalue weighted by atomic mass is 9.93. The third kappa shape index (κ3) is 2.84. The Balaban J connectivity index is 1.79. The first kappa shape index (κ1) is 14.9. The summed E-state index contributed by atoms with van der Waals surface area (Å²) in [5.74, 6) is 0.469. The molecule has 0 amide bonds. The van der Waals surface area contributed by atoms with Gasteiger partial charge in [-0.1, -0.05) is 19.1 Å².